The highest BCUT2D eigenvalue weighted by molar-refractivity contribution is 4.88. The third-order valence-corrected chi connectivity index (χ3v) is 5.79. The predicted octanol–water partition coefficient (Wildman–Crippen LogP) is 3.84. The van der Waals surface area contributed by atoms with E-state index in [4.69, 9.17) is 14.6 Å². The highest BCUT2D eigenvalue weighted by atomic mass is 16.7. The van der Waals surface area contributed by atoms with Crippen LogP contribution in [0.3, 0.4) is 0 Å². The van der Waals surface area contributed by atoms with Gasteiger partial charge in [-0.3, -0.25) is 0 Å². The zero-order valence-electron chi connectivity index (χ0n) is 19.0. The van der Waals surface area contributed by atoms with Crippen molar-refractivity contribution in [3.8, 4) is 0 Å². The molecule has 0 aromatic heterocycles. The predicted molar refractivity (Wildman–Crippen MR) is 119 cm³/mol. The number of aliphatic hydroxyl groups is 4. The number of allylic oxidation sites excluding steroid dienone is 2. The van der Waals surface area contributed by atoms with Crippen LogP contribution in [-0.2, 0) is 9.47 Å². The van der Waals surface area contributed by atoms with Crippen molar-refractivity contribution in [2.24, 2.45) is 0 Å². The molecule has 0 radical (unpaired) electrons. The maximum absolute atomic E-state index is 9.91. The summed E-state index contributed by atoms with van der Waals surface area (Å²) >= 11 is 0. The minimum absolute atomic E-state index is 0.421. The molecule has 0 aromatic rings. The van der Waals surface area contributed by atoms with E-state index in [-0.39, 0.29) is 0 Å². The quantitative estimate of drug-likeness (QED) is 0.195. The van der Waals surface area contributed by atoms with E-state index in [2.05, 4.69) is 19.1 Å². The number of ether oxygens (including phenoxy) is 2. The molecule has 0 unspecified atom stereocenters. The molecule has 0 bridgehead atoms. The second kappa shape index (κ2) is 18.1. The maximum Gasteiger partial charge on any atom is 0.186 e. The van der Waals surface area contributed by atoms with Crippen molar-refractivity contribution in [1.82, 2.24) is 0 Å². The Morgan fingerprint density at radius 2 is 1.23 bits per heavy atom. The van der Waals surface area contributed by atoms with Crippen LogP contribution in [0.15, 0.2) is 12.2 Å². The third-order valence-electron chi connectivity index (χ3n) is 5.79. The number of hydrogen-bond acceptors (Lipinski definition) is 6. The van der Waals surface area contributed by atoms with Crippen molar-refractivity contribution >= 4 is 0 Å². The first-order valence-corrected chi connectivity index (χ1v) is 12.2. The van der Waals surface area contributed by atoms with Gasteiger partial charge in [-0.25, -0.2) is 0 Å². The molecule has 0 spiro atoms. The van der Waals surface area contributed by atoms with Crippen LogP contribution in [0.4, 0.5) is 0 Å². The molecule has 1 aliphatic heterocycles. The zero-order chi connectivity index (χ0) is 22.0. The van der Waals surface area contributed by atoms with E-state index in [0.29, 0.717) is 6.61 Å². The molecule has 0 aromatic carbocycles. The highest BCUT2D eigenvalue weighted by Gasteiger charge is 2.43. The minimum atomic E-state index is -1.37. The van der Waals surface area contributed by atoms with E-state index in [1.807, 2.05) is 0 Å². The Labute approximate surface area is 183 Å². The van der Waals surface area contributed by atoms with Crippen LogP contribution in [0.1, 0.15) is 96.8 Å². The van der Waals surface area contributed by atoms with E-state index in [1.54, 1.807) is 0 Å². The van der Waals surface area contributed by atoms with Gasteiger partial charge < -0.3 is 29.9 Å². The average Bonchev–Trinajstić information content (AvgIpc) is 2.75. The Balaban J connectivity index is 1.90. The first-order valence-electron chi connectivity index (χ1n) is 12.2. The van der Waals surface area contributed by atoms with Crippen molar-refractivity contribution in [3.05, 3.63) is 12.2 Å². The SMILES string of the molecule is CCCCCCCCC=CCCCCCCCCO[C@H]1O[C@H](CO)[C@@H](O)[C@H](O)[C@H]1O. The van der Waals surface area contributed by atoms with Crippen LogP contribution in [0, 0.1) is 0 Å². The van der Waals surface area contributed by atoms with Crippen LogP contribution in [0.2, 0.25) is 0 Å². The van der Waals surface area contributed by atoms with Gasteiger partial charge in [-0.1, -0.05) is 76.9 Å². The molecule has 0 aliphatic carbocycles. The van der Waals surface area contributed by atoms with Crippen molar-refractivity contribution in [2.45, 2.75) is 128 Å². The van der Waals surface area contributed by atoms with E-state index in [0.717, 1.165) is 19.3 Å². The molecule has 0 saturated carbocycles. The van der Waals surface area contributed by atoms with E-state index < -0.39 is 37.3 Å². The molecule has 4 N–H and O–H groups in total. The van der Waals surface area contributed by atoms with Gasteiger partial charge in [0.1, 0.15) is 24.4 Å². The summed E-state index contributed by atoms with van der Waals surface area (Å²) in [6.45, 7) is 2.24. The summed E-state index contributed by atoms with van der Waals surface area (Å²) in [4.78, 5) is 0. The summed E-state index contributed by atoms with van der Waals surface area (Å²) in [6, 6.07) is 0. The standard InChI is InChI=1S/C24H46O6/c1-2-3-4-5-6-7-8-9-10-11-12-13-14-15-16-17-18-29-24-23(28)22(27)21(26)20(19-25)30-24/h9-10,20-28H,2-8,11-19H2,1H3/t20-,21-,22+,23-,24+/m1/s1. The van der Waals surface area contributed by atoms with E-state index >= 15 is 0 Å². The molecule has 1 fully saturated rings. The van der Waals surface area contributed by atoms with E-state index in [9.17, 15) is 15.3 Å². The van der Waals surface area contributed by atoms with Crippen LogP contribution < -0.4 is 0 Å². The van der Waals surface area contributed by atoms with E-state index in [1.165, 1.54) is 70.6 Å². The number of rotatable bonds is 18. The maximum atomic E-state index is 9.91. The Kier molecular flexibility index (Phi) is 16.6. The van der Waals surface area contributed by atoms with Crippen molar-refractivity contribution in [3.63, 3.8) is 0 Å². The number of unbranched alkanes of at least 4 members (excludes halogenated alkanes) is 12. The molecule has 6 nitrogen and oxygen atoms in total. The van der Waals surface area contributed by atoms with Gasteiger partial charge in [0.2, 0.25) is 0 Å². The van der Waals surface area contributed by atoms with Crippen molar-refractivity contribution < 1.29 is 29.9 Å². The van der Waals surface area contributed by atoms with Gasteiger partial charge in [0.25, 0.3) is 0 Å². The summed E-state index contributed by atoms with van der Waals surface area (Å²) in [6.07, 6.45) is 16.0. The molecule has 1 rings (SSSR count). The van der Waals surface area contributed by atoms with Gasteiger partial charge in [0, 0.05) is 6.61 Å². The average molecular weight is 431 g/mol. The lowest BCUT2D eigenvalue weighted by molar-refractivity contribution is -0.301. The molecular formula is C24H46O6. The molecule has 30 heavy (non-hydrogen) atoms. The smallest absolute Gasteiger partial charge is 0.186 e. The monoisotopic (exact) mass is 430 g/mol. The number of hydrogen-bond donors (Lipinski definition) is 4. The Bertz CT molecular complexity index is 415. The lowest BCUT2D eigenvalue weighted by Crippen LogP contribution is -2.59. The van der Waals surface area contributed by atoms with Gasteiger partial charge >= 0.3 is 0 Å². The van der Waals surface area contributed by atoms with Crippen LogP contribution in [0.25, 0.3) is 0 Å². The van der Waals surface area contributed by atoms with Gasteiger partial charge in [0.15, 0.2) is 6.29 Å². The second-order valence-electron chi connectivity index (χ2n) is 8.51. The lowest BCUT2D eigenvalue weighted by Gasteiger charge is -2.39. The largest absolute Gasteiger partial charge is 0.394 e. The van der Waals surface area contributed by atoms with Crippen molar-refractivity contribution in [1.29, 1.82) is 0 Å². The summed E-state index contributed by atoms with van der Waals surface area (Å²) in [5, 5.41) is 38.6. The zero-order valence-corrected chi connectivity index (χ0v) is 19.0. The molecule has 1 aliphatic rings. The van der Waals surface area contributed by atoms with Crippen LogP contribution in [-0.4, -0.2) is 64.3 Å². The molecule has 6 heteroatoms. The van der Waals surface area contributed by atoms with Gasteiger partial charge in [-0.05, 0) is 32.1 Å². The fraction of sp³-hybridized carbons (Fsp3) is 0.917. The Morgan fingerprint density at radius 3 is 1.80 bits per heavy atom. The Hall–Kier alpha value is -0.500. The van der Waals surface area contributed by atoms with Crippen LogP contribution >= 0.6 is 0 Å². The molecule has 0 amide bonds. The summed E-state index contributed by atoms with van der Waals surface area (Å²) in [5.41, 5.74) is 0. The summed E-state index contributed by atoms with van der Waals surface area (Å²) in [5.74, 6) is 0. The molecule has 178 valence electrons. The normalized spacial score (nSPS) is 27.2. The second-order valence-corrected chi connectivity index (χ2v) is 8.51. The van der Waals surface area contributed by atoms with Crippen molar-refractivity contribution in [2.75, 3.05) is 13.2 Å². The molecule has 1 heterocycles. The van der Waals surface area contributed by atoms with Gasteiger partial charge in [0.05, 0.1) is 6.61 Å². The first kappa shape index (κ1) is 27.5. The minimum Gasteiger partial charge on any atom is -0.394 e. The Morgan fingerprint density at radius 1 is 0.700 bits per heavy atom. The van der Waals surface area contributed by atoms with Crippen LogP contribution in [0.5, 0.6) is 0 Å². The molecular weight excluding hydrogens is 384 g/mol. The fourth-order valence-electron chi connectivity index (χ4n) is 3.75. The van der Waals surface area contributed by atoms with Gasteiger partial charge in [-0.15, -0.1) is 0 Å². The van der Waals surface area contributed by atoms with Gasteiger partial charge in [-0.2, -0.15) is 0 Å². The number of aliphatic hydroxyl groups excluding tert-OH is 4. The topological polar surface area (TPSA) is 99.4 Å². The highest BCUT2D eigenvalue weighted by Crippen LogP contribution is 2.22. The third kappa shape index (κ3) is 11.8. The summed E-state index contributed by atoms with van der Waals surface area (Å²) in [7, 11) is 0. The first-order chi connectivity index (χ1) is 14.6. The molecule has 1 saturated heterocycles. The lowest BCUT2D eigenvalue weighted by atomic mass is 9.99. The molecule has 5 atom stereocenters. The fourth-order valence-corrected chi connectivity index (χ4v) is 3.75. The summed E-state index contributed by atoms with van der Waals surface area (Å²) < 4.78 is 10.8.